The minimum atomic E-state index is -3.68. The van der Waals surface area contributed by atoms with Gasteiger partial charge in [0.05, 0.1) is 11.6 Å². The van der Waals surface area contributed by atoms with E-state index in [1.165, 1.54) is 16.4 Å². The normalized spacial score (nSPS) is 13.0. The Morgan fingerprint density at radius 3 is 2.42 bits per heavy atom. The molecular formula is C13H20ClNO3S. The third-order valence-electron chi connectivity index (χ3n) is 3.53. The molecule has 0 atom stereocenters. The summed E-state index contributed by atoms with van der Waals surface area (Å²) in [5.41, 5.74) is 0.0166. The Labute approximate surface area is 120 Å². The predicted octanol–water partition coefficient (Wildman–Crippen LogP) is 2.64. The van der Waals surface area contributed by atoms with Gasteiger partial charge in [0.25, 0.3) is 0 Å². The van der Waals surface area contributed by atoms with Crippen LogP contribution in [-0.2, 0) is 16.6 Å². The van der Waals surface area contributed by atoms with Crippen LogP contribution in [0, 0.1) is 0 Å². The van der Waals surface area contributed by atoms with E-state index in [0.717, 1.165) is 0 Å². The second-order valence-electron chi connectivity index (χ2n) is 5.06. The Bertz CT molecular complexity index is 555. The van der Waals surface area contributed by atoms with E-state index in [2.05, 4.69) is 0 Å². The van der Waals surface area contributed by atoms with E-state index < -0.39 is 15.6 Å². The van der Waals surface area contributed by atoms with Crippen LogP contribution in [0.2, 0.25) is 5.02 Å². The predicted molar refractivity (Wildman–Crippen MR) is 76.7 cm³/mol. The molecule has 0 fully saturated rings. The lowest BCUT2D eigenvalue weighted by molar-refractivity contribution is 0.257. The van der Waals surface area contributed by atoms with E-state index >= 15 is 0 Å². The number of hydrogen-bond acceptors (Lipinski definition) is 3. The topological polar surface area (TPSA) is 57.6 Å². The molecule has 0 unspecified atom stereocenters. The Kier molecular flexibility index (Phi) is 5.01. The van der Waals surface area contributed by atoms with Crippen molar-refractivity contribution in [3.8, 4) is 0 Å². The van der Waals surface area contributed by atoms with Crippen LogP contribution >= 0.6 is 11.6 Å². The maximum atomic E-state index is 12.6. The highest BCUT2D eigenvalue weighted by atomic mass is 35.5. The Morgan fingerprint density at radius 2 is 1.95 bits per heavy atom. The summed E-state index contributed by atoms with van der Waals surface area (Å²) in [5.74, 6) is 0. The summed E-state index contributed by atoms with van der Waals surface area (Å²) in [6.45, 7) is 5.42. The summed E-state index contributed by atoms with van der Waals surface area (Å²) in [6, 6.07) is 4.51. The summed E-state index contributed by atoms with van der Waals surface area (Å²) in [7, 11) is -2.14. The number of nitrogens with zero attached hydrogens (tertiary/aromatic N) is 1. The van der Waals surface area contributed by atoms with Gasteiger partial charge in [0.15, 0.2) is 0 Å². The van der Waals surface area contributed by atoms with Crippen LogP contribution in [0.3, 0.4) is 0 Å². The molecule has 0 amide bonds. The summed E-state index contributed by atoms with van der Waals surface area (Å²) in [5, 5.41) is 9.27. The molecule has 19 heavy (non-hydrogen) atoms. The first-order valence-electron chi connectivity index (χ1n) is 6.05. The van der Waals surface area contributed by atoms with Crippen molar-refractivity contribution in [2.24, 2.45) is 0 Å². The van der Waals surface area contributed by atoms with Crippen molar-refractivity contribution in [3.63, 3.8) is 0 Å². The number of aliphatic hydroxyl groups is 1. The highest BCUT2D eigenvalue weighted by Crippen LogP contribution is 2.30. The van der Waals surface area contributed by atoms with Gasteiger partial charge in [-0.15, -0.1) is 0 Å². The zero-order valence-corrected chi connectivity index (χ0v) is 13.2. The summed E-state index contributed by atoms with van der Waals surface area (Å²) in [4.78, 5) is 0.0322. The maximum absolute atomic E-state index is 12.6. The molecule has 0 spiro atoms. The molecule has 0 aliphatic heterocycles. The highest BCUT2D eigenvalue weighted by molar-refractivity contribution is 7.89. The summed E-state index contributed by atoms with van der Waals surface area (Å²) >= 11 is 5.99. The quantitative estimate of drug-likeness (QED) is 0.910. The van der Waals surface area contributed by atoms with Crippen LogP contribution in [0.1, 0.15) is 32.8 Å². The van der Waals surface area contributed by atoms with Gasteiger partial charge in [-0.25, -0.2) is 8.42 Å². The van der Waals surface area contributed by atoms with Gasteiger partial charge in [-0.05, 0) is 38.0 Å². The van der Waals surface area contributed by atoms with Crippen LogP contribution in [0.25, 0.3) is 0 Å². The maximum Gasteiger partial charge on any atom is 0.244 e. The lowest BCUT2D eigenvalue weighted by Gasteiger charge is -2.34. The molecule has 1 aromatic carbocycles. The molecule has 108 valence electrons. The molecule has 0 aliphatic rings. The average molecular weight is 306 g/mol. The van der Waals surface area contributed by atoms with E-state index in [4.69, 9.17) is 16.7 Å². The number of halogens is 1. The van der Waals surface area contributed by atoms with Gasteiger partial charge in [0, 0.05) is 12.6 Å². The monoisotopic (exact) mass is 305 g/mol. The van der Waals surface area contributed by atoms with Crippen molar-refractivity contribution in [3.05, 3.63) is 28.8 Å². The largest absolute Gasteiger partial charge is 0.392 e. The molecule has 0 aromatic heterocycles. The van der Waals surface area contributed by atoms with Crippen molar-refractivity contribution in [2.45, 2.75) is 44.2 Å². The molecule has 4 nitrogen and oxygen atoms in total. The lowest BCUT2D eigenvalue weighted by atomic mass is 10.0. The third-order valence-corrected chi connectivity index (χ3v) is 6.08. The van der Waals surface area contributed by atoms with Crippen molar-refractivity contribution >= 4 is 21.6 Å². The molecule has 0 saturated carbocycles. The molecule has 1 aromatic rings. The molecule has 0 bridgehead atoms. The zero-order valence-electron chi connectivity index (χ0n) is 11.6. The SMILES string of the molecule is CCC(C)(C)N(C)S(=O)(=O)c1cc(CO)ccc1Cl. The van der Waals surface area contributed by atoms with Crippen LogP contribution in [0.5, 0.6) is 0 Å². The second kappa shape index (κ2) is 5.79. The molecule has 6 heteroatoms. The first kappa shape index (κ1) is 16.4. The third kappa shape index (κ3) is 3.28. The standard InChI is InChI=1S/C13H20ClNO3S/c1-5-13(2,3)15(4)19(17,18)12-8-10(9-16)6-7-11(12)14/h6-8,16H,5,9H2,1-4H3. The second-order valence-corrected chi connectivity index (χ2v) is 7.41. The fraction of sp³-hybridized carbons (Fsp3) is 0.538. The first-order chi connectivity index (χ1) is 8.66. The van der Waals surface area contributed by atoms with Gasteiger partial charge in [-0.1, -0.05) is 24.6 Å². The van der Waals surface area contributed by atoms with Gasteiger partial charge in [0.1, 0.15) is 4.90 Å². The van der Waals surface area contributed by atoms with E-state index in [9.17, 15) is 8.42 Å². The summed E-state index contributed by atoms with van der Waals surface area (Å²) in [6.07, 6.45) is 0.681. The van der Waals surface area contributed by atoms with Crippen LogP contribution in [-0.4, -0.2) is 30.4 Å². The van der Waals surface area contributed by atoms with E-state index in [-0.39, 0.29) is 16.5 Å². The van der Waals surface area contributed by atoms with Gasteiger partial charge in [-0.3, -0.25) is 0 Å². The van der Waals surface area contributed by atoms with Crippen LogP contribution in [0.15, 0.2) is 23.1 Å². The zero-order chi connectivity index (χ0) is 14.8. The summed E-state index contributed by atoms with van der Waals surface area (Å²) < 4.78 is 26.5. The molecule has 0 heterocycles. The van der Waals surface area contributed by atoms with Gasteiger partial charge < -0.3 is 5.11 Å². The van der Waals surface area contributed by atoms with E-state index in [1.54, 1.807) is 13.1 Å². The first-order valence-corrected chi connectivity index (χ1v) is 7.87. The fourth-order valence-corrected chi connectivity index (χ4v) is 3.64. The van der Waals surface area contributed by atoms with Crippen LogP contribution in [0.4, 0.5) is 0 Å². The molecule has 1 N–H and O–H groups in total. The Morgan fingerprint density at radius 1 is 1.37 bits per heavy atom. The molecule has 0 aliphatic carbocycles. The minimum absolute atomic E-state index is 0.0322. The molecular weight excluding hydrogens is 286 g/mol. The number of sulfonamides is 1. The highest BCUT2D eigenvalue weighted by Gasteiger charge is 2.33. The van der Waals surface area contributed by atoms with E-state index in [1.807, 2.05) is 20.8 Å². The Hall–Kier alpha value is -0.620. The number of rotatable bonds is 5. The van der Waals surface area contributed by atoms with Crippen molar-refractivity contribution < 1.29 is 13.5 Å². The number of benzene rings is 1. The number of aliphatic hydroxyl groups excluding tert-OH is 1. The number of hydrogen-bond donors (Lipinski definition) is 1. The molecule has 0 saturated heterocycles. The molecule has 1 rings (SSSR count). The van der Waals surface area contributed by atoms with Gasteiger partial charge >= 0.3 is 0 Å². The van der Waals surface area contributed by atoms with E-state index in [0.29, 0.717) is 12.0 Å². The van der Waals surface area contributed by atoms with Crippen LogP contribution < -0.4 is 0 Å². The minimum Gasteiger partial charge on any atom is -0.392 e. The fourth-order valence-electron chi connectivity index (χ4n) is 1.54. The van der Waals surface area contributed by atoms with Crippen molar-refractivity contribution in [2.75, 3.05) is 7.05 Å². The lowest BCUT2D eigenvalue weighted by Crippen LogP contribution is -2.44. The van der Waals surface area contributed by atoms with Gasteiger partial charge in [0.2, 0.25) is 10.0 Å². The average Bonchev–Trinajstić information content (AvgIpc) is 2.38. The smallest absolute Gasteiger partial charge is 0.244 e. The van der Waals surface area contributed by atoms with Gasteiger partial charge in [-0.2, -0.15) is 4.31 Å². The van der Waals surface area contributed by atoms with Crippen molar-refractivity contribution in [1.29, 1.82) is 0 Å². The van der Waals surface area contributed by atoms with Crippen molar-refractivity contribution in [1.82, 2.24) is 4.31 Å². The molecule has 0 radical (unpaired) electrons. The Balaban J connectivity index is 3.35.